The molecule has 1 nitrogen and oxygen atoms in total. The lowest BCUT2D eigenvalue weighted by Crippen LogP contribution is -2.30. The second-order valence-electron chi connectivity index (χ2n) is 5.26. The van der Waals surface area contributed by atoms with Crippen molar-refractivity contribution in [3.63, 3.8) is 0 Å². The molecule has 0 atom stereocenters. The average Bonchev–Trinajstić information content (AvgIpc) is 2.42. The second-order valence-corrected chi connectivity index (χ2v) is 5.26. The molecule has 0 amide bonds. The maximum absolute atomic E-state index is 13.7. The first-order valence-corrected chi connectivity index (χ1v) is 6.77. The molecule has 0 bridgehead atoms. The molecule has 2 heteroatoms. The van der Waals surface area contributed by atoms with Crippen molar-refractivity contribution in [2.75, 3.05) is 6.54 Å². The Morgan fingerprint density at radius 3 is 2.79 bits per heavy atom. The van der Waals surface area contributed by atoms with E-state index in [9.17, 15) is 4.39 Å². The average molecular weight is 255 g/mol. The Morgan fingerprint density at radius 1 is 1.11 bits per heavy atom. The van der Waals surface area contributed by atoms with Crippen molar-refractivity contribution in [1.82, 2.24) is 4.90 Å². The fourth-order valence-electron chi connectivity index (χ4n) is 2.86. The van der Waals surface area contributed by atoms with Crippen molar-refractivity contribution in [3.05, 3.63) is 70.5 Å². The summed E-state index contributed by atoms with van der Waals surface area (Å²) in [7, 11) is 0. The Morgan fingerprint density at radius 2 is 1.95 bits per heavy atom. The zero-order valence-electron chi connectivity index (χ0n) is 11.2. The van der Waals surface area contributed by atoms with Crippen LogP contribution in [-0.2, 0) is 19.5 Å². The highest BCUT2D eigenvalue weighted by Crippen LogP contribution is 2.23. The van der Waals surface area contributed by atoms with Gasteiger partial charge in [-0.05, 0) is 36.1 Å². The van der Waals surface area contributed by atoms with E-state index in [2.05, 4.69) is 30.0 Å². The molecule has 2 aromatic carbocycles. The highest BCUT2D eigenvalue weighted by atomic mass is 19.1. The van der Waals surface area contributed by atoms with Crippen LogP contribution in [0.15, 0.2) is 42.5 Å². The Bertz CT molecular complexity index is 592. The molecule has 1 aliphatic rings. The fraction of sp³-hybridized carbons (Fsp3) is 0.294. The number of benzene rings is 2. The highest BCUT2D eigenvalue weighted by molar-refractivity contribution is 5.36. The quantitative estimate of drug-likeness (QED) is 0.791. The van der Waals surface area contributed by atoms with Gasteiger partial charge in [-0.3, -0.25) is 4.90 Å². The van der Waals surface area contributed by atoms with Gasteiger partial charge < -0.3 is 0 Å². The van der Waals surface area contributed by atoms with E-state index < -0.39 is 0 Å². The lowest BCUT2D eigenvalue weighted by atomic mass is 9.95. The first-order chi connectivity index (χ1) is 9.24. The summed E-state index contributed by atoms with van der Waals surface area (Å²) < 4.78 is 13.7. The van der Waals surface area contributed by atoms with Gasteiger partial charge in [0.1, 0.15) is 5.82 Å². The van der Waals surface area contributed by atoms with E-state index in [0.717, 1.165) is 25.1 Å². The van der Waals surface area contributed by atoms with Gasteiger partial charge in [0.2, 0.25) is 0 Å². The summed E-state index contributed by atoms with van der Waals surface area (Å²) in [4.78, 5) is 2.32. The van der Waals surface area contributed by atoms with Gasteiger partial charge in [-0.25, -0.2) is 4.39 Å². The van der Waals surface area contributed by atoms with Crippen LogP contribution in [0, 0.1) is 12.7 Å². The van der Waals surface area contributed by atoms with Crippen molar-refractivity contribution < 1.29 is 4.39 Å². The van der Waals surface area contributed by atoms with E-state index in [-0.39, 0.29) is 5.82 Å². The van der Waals surface area contributed by atoms with Gasteiger partial charge in [-0.15, -0.1) is 0 Å². The summed E-state index contributed by atoms with van der Waals surface area (Å²) >= 11 is 0. The fourth-order valence-corrected chi connectivity index (χ4v) is 2.86. The Hall–Kier alpha value is -1.67. The summed E-state index contributed by atoms with van der Waals surface area (Å²) in [6.07, 6.45) is 1.07. The van der Waals surface area contributed by atoms with Crippen molar-refractivity contribution in [3.8, 4) is 0 Å². The van der Waals surface area contributed by atoms with Crippen LogP contribution in [0.1, 0.15) is 22.3 Å². The van der Waals surface area contributed by atoms with Crippen LogP contribution in [0.25, 0.3) is 0 Å². The number of hydrogen-bond donors (Lipinski definition) is 0. The van der Waals surface area contributed by atoms with Crippen LogP contribution < -0.4 is 0 Å². The third-order valence-corrected chi connectivity index (χ3v) is 3.93. The number of fused-ring (bicyclic) bond motifs is 1. The maximum atomic E-state index is 13.7. The molecule has 1 heterocycles. The molecular formula is C17H18FN. The van der Waals surface area contributed by atoms with Gasteiger partial charge in [0.15, 0.2) is 0 Å². The molecular weight excluding hydrogens is 237 g/mol. The second kappa shape index (κ2) is 5.14. The lowest BCUT2D eigenvalue weighted by molar-refractivity contribution is 0.242. The summed E-state index contributed by atoms with van der Waals surface area (Å²) in [5.74, 6) is -0.0995. The van der Waals surface area contributed by atoms with E-state index in [1.165, 1.54) is 22.8 Å². The number of halogens is 1. The molecule has 0 N–H and O–H groups in total. The summed E-state index contributed by atoms with van der Waals surface area (Å²) in [6.45, 7) is 4.79. The molecule has 0 spiro atoms. The minimum atomic E-state index is -0.0995. The van der Waals surface area contributed by atoms with Crippen LogP contribution in [-0.4, -0.2) is 11.4 Å². The van der Waals surface area contributed by atoms with E-state index in [1.807, 2.05) is 12.1 Å². The molecule has 0 unspecified atom stereocenters. The zero-order chi connectivity index (χ0) is 13.2. The van der Waals surface area contributed by atoms with E-state index in [4.69, 9.17) is 0 Å². The van der Waals surface area contributed by atoms with E-state index in [0.29, 0.717) is 6.54 Å². The molecule has 1 aliphatic heterocycles. The van der Waals surface area contributed by atoms with Gasteiger partial charge in [0.25, 0.3) is 0 Å². The first kappa shape index (κ1) is 12.4. The number of hydrogen-bond acceptors (Lipinski definition) is 1. The molecule has 0 fully saturated rings. The van der Waals surface area contributed by atoms with Crippen molar-refractivity contribution in [1.29, 1.82) is 0 Å². The molecule has 0 saturated heterocycles. The first-order valence-electron chi connectivity index (χ1n) is 6.77. The molecule has 2 aromatic rings. The molecule has 0 aliphatic carbocycles. The van der Waals surface area contributed by atoms with Gasteiger partial charge in [-0.1, -0.05) is 36.4 Å². The minimum Gasteiger partial charge on any atom is -0.294 e. The van der Waals surface area contributed by atoms with Crippen molar-refractivity contribution in [2.45, 2.75) is 26.4 Å². The molecule has 98 valence electrons. The number of aryl methyl sites for hydroxylation is 1. The molecule has 0 aromatic heterocycles. The van der Waals surface area contributed by atoms with Crippen LogP contribution >= 0.6 is 0 Å². The Kier molecular flexibility index (Phi) is 3.34. The topological polar surface area (TPSA) is 3.24 Å². The predicted octanol–water partition coefficient (Wildman–Crippen LogP) is 3.69. The van der Waals surface area contributed by atoms with Gasteiger partial charge in [0, 0.05) is 25.2 Å². The summed E-state index contributed by atoms with van der Waals surface area (Å²) in [5, 5.41) is 0. The number of nitrogens with zero attached hydrogens (tertiary/aromatic N) is 1. The minimum absolute atomic E-state index is 0.0995. The molecule has 0 saturated carbocycles. The molecule has 0 radical (unpaired) electrons. The van der Waals surface area contributed by atoms with Crippen LogP contribution in [0.5, 0.6) is 0 Å². The normalized spacial score (nSPS) is 15.3. The summed E-state index contributed by atoms with van der Waals surface area (Å²) in [6, 6.07) is 13.5. The smallest absolute Gasteiger partial charge is 0.127 e. The van der Waals surface area contributed by atoms with Crippen LogP contribution in [0.3, 0.4) is 0 Å². The monoisotopic (exact) mass is 255 g/mol. The van der Waals surface area contributed by atoms with Gasteiger partial charge >= 0.3 is 0 Å². The van der Waals surface area contributed by atoms with Crippen LogP contribution in [0.2, 0.25) is 0 Å². The van der Waals surface area contributed by atoms with E-state index >= 15 is 0 Å². The zero-order valence-corrected chi connectivity index (χ0v) is 11.2. The van der Waals surface area contributed by atoms with E-state index in [1.54, 1.807) is 6.07 Å². The van der Waals surface area contributed by atoms with Gasteiger partial charge in [0.05, 0.1) is 0 Å². The van der Waals surface area contributed by atoms with Gasteiger partial charge in [-0.2, -0.15) is 0 Å². The third-order valence-electron chi connectivity index (χ3n) is 3.93. The molecule has 19 heavy (non-hydrogen) atoms. The standard InChI is InChI=1S/C17H18FN/c1-13-5-4-7-14-11-19(10-9-16(13)14)12-15-6-2-3-8-17(15)18/h2-8H,9-12H2,1H3. The Labute approximate surface area is 113 Å². The number of rotatable bonds is 2. The highest BCUT2D eigenvalue weighted by Gasteiger charge is 2.18. The Balaban J connectivity index is 1.78. The predicted molar refractivity (Wildman–Crippen MR) is 75.4 cm³/mol. The third kappa shape index (κ3) is 2.54. The SMILES string of the molecule is Cc1cccc2c1CCN(Cc1ccccc1F)C2. The van der Waals surface area contributed by atoms with Crippen LogP contribution in [0.4, 0.5) is 4.39 Å². The maximum Gasteiger partial charge on any atom is 0.127 e. The largest absolute Gasteiger partial charge is 0.294 e. The van der Waals surface area contributed by atoms with Crippen molar-refractivity contribution >= 4 is 0 Å². The summed E-state index contributed by atoms with van der Waals surface area (Å²) in [5.41, 5.74) is 5.04. The molecule has 3 rings (SSSR count). The lowest BCUT2D eigenvalue weighted by Gasteiger charge is -2.29. The van der Waals surface area contributed by atoms with Crippen molar-refractivity contribution in [2.24, 2.45) is 0 Å².